The fourth-order valence-electron chi connectivity index (χ4n) is 7.35. The Labute approximate surface area is 383 Å². The number of esters is 2. The molecule has 0 radical (unpaired) electrons. The molecule has 0 heterocycles. The van der Waals surface area contributed by atoms with Crippen molar-refractivity contribution >= 4 is 19.8 Å². The van der Waals surface area contributed by atoms with Crippen molar-refractivity contribution in [1.29, 1.82) is 0 Å². The third-order valence-corrected chi connectivity index (χ3v) is 12.4. The predicted molar refractivity (Wildman–Crippen MR) is 259 cm³/mol. The standard InChI is InChI=1S/C52H100NO8P/c1-6-8-10-12-14-16-18-20-22-23-24-25-26-27-28-29-31-33-35-37-39-41-43-45-52(55)61-50(49-60-62(56,57)59-47-46-53(3,4)5)48-58-51(54)44-42-40-38-36-34-32-30-21-19-17-15-13-11-9-7-2/h21,23-24,30,50H,6-20,22,25-29,31-49H2,1-5H3/b24-23-,30-21-. The molecule has 0 fully saturated rings. The molecule has 62 heavy (non-hydrogen) atoms. The van der Waals surface area contributed by atoms with Crippen molar-refractivity contribution in [3.05, 3.63) is 24.3 Å². The number of hydrogen-bond donors (Lipinski definition) is 0. The van der Waals surface area contributed by atoms with Crippen molar-refractivity contribution in [2.24, 2.45) is 0 Å². The van der Waals surface area contributed by atoms with Crippen molar-refractivity contribution in [1.82, 2.24) is 0 Å². The van der Waals surface area contributed by atoms with Crippen LogP contribution in [0.3, 0.4) is 0 Å². The molecule has 0 aliphatic heterocycles. The van der Waals surface area contributed by atoms with Gasteiger partial charge >= 0.3 is 11.9 Å². The second-order valence-corrected chi connectivity index (χ2v) is 20.3. The van der Waals surface area contributed by atoms with E-state index in [1.807, 2.05) is 21.1 Å². The van der Waals surface area contributed by atoms with Crippen molar-refractivity contribution in [3.63, 3.8) is 0 Å². The molecule has 9 nitrogen and oxygen atoms in total. The van der Waals surface area contributed by atoms with Gasteiger partial charge in [0.15, 0.2) is 6.10 Å². The molecule has 366 valence electrons. The summed E-state index contributed by atoms with van der Waals surface area (Å²) in [5.74, 6) is -0.835. The Balaban J connectivity index is 4.21. The van der Waals surface area contributed by atoms with Crippen LogP contribution in [0.15, 0.2) is 24.3 Å². The first-order valence-electron chi connectivity index (χ1n) is 26.0. The molecule has 10 heteroatoms. The maximum Gasteiger partial charge on any atom is 0.306 e. The van der Waals surface area contributed by atoms with E-state index in [1.165, 1.54) is 154 Å². The molecule has 0 rings (SSSR count). The minimum atomic E-state index is -4.63. The number of phosphoric acid groups is 1. The van der Waals surface area contributed by atoms with Gasteiger partial charge in [0, 0.05) is 12.8 Å². The highest BCUT2D eigenvalue weighted by Crippen LogP contribution is 2.38. The van der Waals surface area contributed by atoms with Crippen LogP contribution in [-0.2, 0) is 32.7 Å². The van der Waals surface area contributed by atoms with E-state index in [9.17, 15) is 19.0 Å². The van der Waals surface area contributed by atoms with Gasteiger partial charge in [-0.2, -0.15) is 0 Å². The van der Waals surface area contributed by atoms with Gasteiger partial charge in [-0.05, 0) is 64.2 Å². The zero-order valence-corrected chi connectivity index (χ0v) is 42.2. The average molecular weight is 898 g/mol. The Morgan fingerprint density at radius 3 is 1.19 bits per heavy atom. The molecule has 0 N–H and O–H groups in total. The van der Waals surface area contributed by atoms with E-state index in [1.54, 1.807) is 0 Å². The molecule has 0 saturated carbocycles. The van der Waals surface area contributed by atoms with Gasteiger partial charge in [-0.25, -0.2) is 0 Å². The van der Waals surface area contributed by atoms with Gasteiger partial charge < -0.3 is 27.9 Å². The lowest BCUT2D eigenvalue weighted by molar-refractivity contribution is -0.870. The summed E-state index contributed by atoms with van der Waals surface area (Å²) in [6.45, 7) is 4.25. The van der Waals surface area contributed by atoms with Crippen LogP contribution < -0.4 is 4.89 Å². The Morgan fingerprint density at radius 1 is 0.484 bits per heavy atom. The van der Waals surface area contributed by atoms with E-state index < -0.39 is 26.5 Å². The fourth-order valence-corrected chi connectivity index (χ4v) is 8.08. The van der Waals surface area contributed by atoms with Gasteiger partial charge in [0.25, 0.3) is 7.82 Å². The van der Waals surface area contributed by atoms with Crippen LogP contribution in [0.1, 0.15) is 245 Å². The van der Waals surface area contributed by atoms with Crippen molar-refractivity contribution in [2.75, 3.05) is 47.5 Å². The molecule has 0 saturated heterocycles. The molecule has 2 atom stereocenters. The monoisotopic (exact) mass is 898 g/mol. The second kappa shape index (κ2) is 44.7. The van der Waals surface area contributed by atoms with Crippen LogP contribution in [0.4, 0.5) is 0 Å². The molecule has 0 amide bonds. The number of unbranched alkanes of at least 4 members (excludes halogenated alkanes) is 30. The lowest BCUT2D eigenvalue weighted by atomic mass is 10.0. The summed E-state index contributed by atoms with van der Waals surface area (Å²) in [4.78, 5) is 37.7. The smallest absolute Gasteiger partial charge is 0.306 e. The number of likely N-dealkylation sites (N-methyl/N-ethyl adjacent to an activating group) is 1. The molecule has 0 aromatic heterocycles. The van der Waals surface area contributed by atoms with Gasteiger partial charge in [0.05, 0.1) is 27.7 Å². The van der Waals surface area contributed by atoms with E-state index >= 15 is 0 Å². The van der Waals surface area contributed by atoms with E-state index in [4.69, 9.17) is 18.5 Å². The third-order valence-electron chi connectivity index (χ3n) is 11.4. The molecule has 2 unspecified atom stereocenters. The number of ether oxygens (including phenoxy) is 2. The second-order valence-electron chi connectivity index (χ2n) is 18.9. The number of phosphoric ester groups is 1. The highest BCUT2D eigenvalue weighted by molar-refractivity contribution is 7.45. The lowest BCUT2D eigenvalue weighted by Crippen LogP contribution is -2.37. The zero-order chi connectivity index (χ0) is 45.7. The first kappa shape index (κ1) is 60.5. The van der Waals surface area contributed by atoms with Gasteiger partial charge in [-0.15, -0.1) is 0 Å². The van der Waals surface area contributed by atoms with Crippen molar-refractivity contribution < 1.29 is 42.1 Å². The number of rotatable bonds is 48. The number of hydrogen-bond acceptors (Lipinski definition) is 8. The summed E-state index contributed by atoms with van der Waals surface area (Å²) in [5.41, 5.74) is 0. The first-order chi connectivity index (χ1) is 30.0. The number of allylic oxidation sites excluding steroid dienone is 4. The highest BCUT2D eigenvalue weighted by Gasteiger charge is 2.21. The summed E-state index contributed by atoms with van der Waals surface area (Å²) in [6, 6.07) is 0. The Bertz CT molecular complexity index is 1110. The summed E-state index contributed by atoms with van der Waals surface area (Å²) >= 11 is 0. The minimum absolute atomic E-state index is 0.0305. The zero-order valence-electron chi connectivity index (χ0n) is 41.3. The molecule has 0 aromatic rings. The van der Waals surface area contributed by atoms with Crippen LogP contribution >= 0.6 is 7.82 Å². The van der Waals surface area contributed by atoms with Crippen LogP contribution in [0, 0.1) is 0 Å². The number of quaternary nitrogens is 1. The average Bonchev–Trinajstić information content (AvgIpc) is 3.23. The number of nitrogens with zero attached hydrogens (tertiary/aromatic N) is 1. The van der Waals surface area contributed by atoms with Crippen molar-refractivity contribution in [2.45, 2.75) is 251 Å². The summed E-state index contributed by atoms with van der Waals surface area (Å²) in [5, 5.41) is 0. The fraction of sp³-hybridized carbons (Fsp3) is 0.885. The predicted octanol–water partition coefficient (Wildman–Crippen LogP) is 14.8. The van der Waals surface area contributed by atoms with Crippen LogP contribution in [0.5, 0.6) is 0 Å². The highest BCUT2D eigenvalue weighted by atomic mass is 31.2. The summed E-state index contributed by atoms with van der Waals surface area (Å²) in [7, 11) is 1.17. The van der Waals surface area contributed by atoms with Gasteiger partial charge in [-0.1, -0.05) is 192 Å². The number of carbonyl (C=O) groups is 2. The maximum absolute atomic E-state index is 12.7. The Hall–Kier alpha value is -1.51. The van der Waals surface area contributed by atoms with E-state index in [0.29, 0.717) is 17.4 Å². The molecular formula is C52H100NO8P. The number of carbonyl (C=O) groups excluding carboxylic acids is 2. The van der Waals surface area contributed by atoms with Gasteiger partial charge in [-0.3, -0.25) is 14.2 Å². The Morgan fingerprint density at radius 2 is 0.823 bits per heavy atom. The summed E-state index contributed by atoms with van der Waals surface area (Å²) in [6.07, 6.45) is 50.7. The molecule has 0 aliphatic rings. The SMILES string of the molecule is CCCCCCCC/C=C\CCCCCCCC(=O)OCC(COP(=O)([O-])OCC[N+](C)(C)C)OC(=O)CCCCCCCCCCCCC/C=C\CCCCCCCCCC. The van der Waals surface area contributed by atoms with Crippen LogP contribution in [0.2, 0.25) is 0 Å². The molecular weight excluding hydrogens is 798 g/mol. The molecule has 0 spiro atoms. The molecule has 0 aromatic carbocycles. The van der Waals surface area contributed by atoms with Crippen LogP contribution in [-0.4, -0.2) is 70.0 Å². The van der Waals surface area contributed by atoms with E-state index in [-0.39, 0.29) is 32.0 Å². The normalized spacial score (nSPS) is 13.6. The van der Waals surface area contributed by atoms with E-state index in [0.717, 1.165) is 57.8 Å². The van der Waals surface area contributed by atoms with E-state index in [2.05, 4.69) is 38.2 Å². The topological polar surface area (TPSA) is 111 Å². The lowest BCUT2D eigenvalue weighted by Gasteiger charge is -2.28. The third kappa shape index (κ3) is 48.0. The largest absolute Gasteiger partial charge is 0.756 e. The maximum atomic E-state index is 12.7. The van der Waals surface area contributed by atoms with Crippen LogP contribution in [0.25, 0.3) is 0 Å². The minimum Gasteiger partial charge on any atom is -0.756 e. The van der Waals surface area contributed by atoms with Crippen molar-refractivity contribution in [3.8, 4) is 0 Å². The molecule has 0 bridgehead atoms. The Kier molecular flexibility index (Phi) is 43.6. The first-order valence-corrected chi connectivity index (χ1v) is 27.5. The summed E-state index contributed by atoms with van der Waals surface area (Å²) < 4.78 is 34.0. The van der Waals surface area contributed by atoms with Gasteiger partial charge in [0.1, 0.15) is 19.8 Å². The van der Waals surface area contributed by atoms with Gasteiger partial charge in [0.2, 0.25) is 0 Å². The molecule has 0 aliphatic carbocycles. The quantitative estimate of drug-likeness (QED) is 0.0195.